The van der Waals surface area contributed by atoms with Gasteiger partial charge in [-0.3, -0.25) is 0 Å². The van der Waals surface area contributed by atoms with E-state index < -0.39 is 0 Å². The molecule has 6 nitrogen and oxygen atoms in total. The third-order valence-corrected chi connectivity index (χ3v) is 7.54. The number of fused-ring (bicyclic) bond motifs is 1. The number of hydrogen-bond acceptors (Lipinski definition) is 5. The molecule has 2 saturated carbocycles. The molecule has 4 atom stereocenters. The van der Waals surface area contributed by atoms with E-state index in [1.54, 1.807) is 0 Å². The zero-order valence-corrected chi connectivity index (χ0v) is 17.1. The first-order chi connectivity index (χ1) is 13.9. The first kappa shape index (κ1) is 19.0. The monoisotopic (exact) mass is 388 g/mol. The quantitative estimate of drug-likeness (QED) is 0.810. The number of ether oxygens (including phenoxy) is 2. The summed E-state index contributed by atoms with van der Waals surface area (Å²) in [5, 5.41) is 12.7. The fourth-order valence-electron chi connectivity index (χ4n) is 5.85. The van der Waals surface area contributed by atoms with Gasteiger partial charge >= 0.3 is 0 Å². The third-order valence-electron chi connectivity index (χ3n) is 7.54. The number of nitrogens with zero attached hydrogens (tertiary/aromatic N) is 3. The zero-order valence-electron chi connectivity index (χ0n) is 17.1. The van der Waals surface area contributed by atoms with Gasteiger partial charge in [0.1, 0.15) is 18.2 Å². The van der Waals surface area contributed by atoms with Crippen LogP contribution < -0.4 is 5.32 Å². The Morgan fingerprint density at radius 3 is 2.39 bits per heavy atom. The maximum absolute atomic E-state index is 6.18. The normalized spacial score (nSPS) is 34.7. The van der Waals surface area contributed by atoms with Crippen LogP contribution in [0, 0.1) is 11.8 Å². The van der Waals surface area contributed by atoms with Crippen molar-refractivity contribution in [3.05, 3.63) is 11.9 Å². The summed E-state index contributed by atoms with van der Waals surface area (Å²) in [6.45, 7) is 2.55. The molecule has 1 N–H and O–H groups in total. The summed E-state index contributed by atoms with van der Waals surface area (Å²) in [6, 6.07) is 0.487. The van der Waals surface area contributed by atoms with E-state index in [0.29, 0.717) is 12.6 Å². The lowest BCUT2D eigenvalue weighted by atomic mass is 9.86. The van der Waals surface area contributed by atoms with Crippen molar-refractivity contribution < 1.29 is 9.47 Å². The van der Waals surface area contributed by atoms with E-state index in [1.165, 1.54) is 64.2 Å². The van der Waals surface area contributed by atoms with Gasteiger partial charge in [0.05, 0.1) is 24.9 Å². The molecular formula is C22H36N4O2. The second-order valence-electron chi connectivity index (χ2n) is 9.58. The van der Waals surface area contributed by atoms with Gasteiger partial charge in [0.25, 0.3) is 0 Å². The van der Waals surface area contributed by atoms with Crippen molar-refractivity contribution in [3.63, 3.8) is 0 Å². The van der Waals surface area contributed by atoms with E-state index in [2.05, 4.69) is 21.8 Å². The molecule has 1 aromatic rings. The molecule has 28 heavy (non-hydrogen) atoms. The summed E-state index contributed by atoms with van der Waals surface area (Å²) < 4.78 is 14.4. The Labute approximate surface area is 168 Å². The van der Waals surface area contributed by atoms with E-state index >= 15 is 0 Å². The van der Waals surface area contributed by atoms with Crippen LogP contribution in [0.1, 0.15) is 75.9 Å². The van der Waals surface area contributed by atoms with Gasteiger partial charge in [-0.2, -0.15) is 0 Å². The molecule has 4 unspecified atom stereocenters. The molecule has 4 fully saturated rings. The average Bonchev–Trinajstić information content (AvgIpc) is 3.45. The smallest absolute Gasteiger partial charge is 0.110 e. The molecular weight excluding hydrogens is 352 g/mol. The number of nitrogens with one attached hydrogen (secondary N) is 1. The van der Waals surface area contributed by atoms with Gasteiger partial charge in [0, 0.05) is 6.20 Å². The fraction of sp³-hybridized carbons (Fsp3) is 0.909. The average molecular weight is 389 g/mol. The van der Waals surface area contributed by atoms with Crippen molar-refractivity contribution in [2.75, 3.05) is 19.8 Å². The standard InChI is InChI=1S/C22H36N4O2/c1-3-7-16(8-4-1)11-18-13-26(25-24-18)20-15-28-21-19(14-27-22(20)21)23-12-17-9-5-2-6-10-17/h13,16-17,19-23H,1-12,14-15H2. The molecule has 156 valence electrons. The highest BCUT2D eigenvalue weighted by Gasteiger charge is 2.48. The largest absolute Gasteiger partial charge is 0.371 e. The van der Waals surface area contributed by atoms with Gasteiger partial charge in [-0.15, -0.1) is 5.10 Å². The van der Waals surface area contributed by atoms with Crippen molar-refractivity contribution in [3.8, 4) is 0 Å². The molecule has 0 aromatic carbocycles. The van der Waals surface area contributed by atoms with Crippen LogP contribution in [0.15, 0.2) is 6.20 Å². The topological polar surface area (TPSA) is 61.2 Å². The van der Waals surface area contributed by atoms with Crippen LogP contribution in [0.4, 0.5) is 0 Å². The summed E-state index contributed by atoms with van der Waals surface area (Å²) in [4.78, 5) is 0. The number of hydrogen-bond donors (Lipinski definition) is 1. The highest BCUT2D eigenvalue weighted by molar-refractivity contribution is 5.03. The summed E-state index contributed by atoms with van der Waals surface area (Å²) in [5.74, 6) is 1.63. The summed E-state index contributed by atoms with van der Waals surface area (Å²) in [6.07, 6.45) is 17.3. The van der Waals surface area contributed by atoms with E-state index in [-0.39, 0.29) is 18.2 Å². The van der Waals surface area contributed by atoms with Crippen molar-refractivity contribution >= 4 is 0 Å². The first-order valence-corrected chi connectivity index (χ1v) is 11.7. The Balaban J connectivity index is 1.15. The molecule has 0 spiro atoms. The maximum atomic E-state index is 6.18. The van der Waals surface area contributed by atoms with Crippen LogP contribution in [0.2, 0.25) is 0 Å². The Morgan fingerprint density at radius 1 is 0.893 bits per heavy atom. The fourth-order valence-corrected chi connectivity index (χ4v) is 5.85. The molecule has 0 bridgehead atoms. The molecule has 2 aliphatic carbocycles. The highest BCUT2D eigenvalue weighted by Crippen LogP contribution is 2.35. The molecule has 3 heterocycles. The van der Waals surface area contributed by atoms with Crippen molar-refractivity contribution in [2.24, 2.45) is 11.8 Å². The number of aromatic nitrogens is 3. The predicted octanol–water partition coefficient (Wildman–Crippen LogP) is 3.28. The van der Waals surface area contributed by atoms with Crippen LogP contribution in [0.5, 0.6) is 0 Å². The van der Waals surface area contributed by atoms with Gasteiger partial charge < -0.3 is 14.8 Å². The second kappa shape index (κ2) is 8.80. The van der Waals surface area contributed by atoms with Gasteiger partial charge in [0.15, 0.2) is 0 Å². The highest BCUT2D eigenvalue weighted by atomic mass is 16.6. The minimum Gasteiger partial charge on any atom is -0.371 e. The van der Waals surface area contributed by atoms with Gasteiger partial charge in [-0.1, -0.05) is 56.6 Å². The van der Waals surface area contributed by atoms with E-state index in [9.17, 15) is 0 Å². The van der Waals surface area contributed by atoms with Crippen LogP contribution >= 0.6 is 0 Å². The van der Waals surface area contributed by atoms with Gasteiger partial charge in [-0.25, -0.2) is 4.68 Å². The van der Waals surface area contributed by atoms with Crippen molar-refractivity contribution in [2.45, 2.75) is 94.9 Å². The summed E-state index contributed by atoms with van der Waals surface area (Å²) >= 11 is 0. The summed E-state index contributed by atoms with van der Waals surface area (Å²) in [7, 11) is 0. The lowest BCUT2D eigenvalue weighted by Crippen LogP contribution is -2.43. The third kappa shape index (κ3) is 4.14. The zero-order chi connectivity index (χ0) is 18.8. The van der Waals surface area contributed by atoms with Crippen molar-refractivity contribution in [1.29, 1.82) is 0 Å². The Bertz CT molecular complexity index is 624. The SMILES string of the molecule is c1c(CC2CCCCC2)nnn1C1COC2C(NCC3CCCCC3)COC21. The summed E-state index contributed by atoms with van der Waals surface area (Å²) in [5.41, 5.74) is 1.14. The molecule has 5 rings (SSSR count). The van der Waals surface area contributed by atoms with Gasteiger partial charge in [-0.05, 0) is 37.6 Å². The van der Waals surface area contributed by atoms with Crippen LogP contribution in [0.25, 0.3) is 0 Å². The molecule has 4 aliphatic rings. The Hall–Kier alpha value is -0.980. The molecule has 0 amide bonds. The molecule has 2 saturated heterocycles. The first-order valence-electron chi connectivity index (χ1n) is 11.7. The van der Waals surface area contributed by atoms with E-state index in [1.807, 2.05) is 4.68 Å². The van der Waals surface area contributed by atoms with E-state index in [4.69, 9.17) is 9.47 Å². The second-order valence-corrected chi connectivity index (χ2v) is 9.58. The van der Waals surface area contributed by atoms with Crippen LogP contribution in [0.3, 0.4) is 0 Å². The van der Waals surface area contributed by atoms with Gasteiger partial charge in [0.2, 0.25) is 0 Å². The number of rotatable bonds is 6. The molecule has 1 aromatic heterocycles. The van der Waals surface area contributed by atoms with Crippen LogP contribution in [-0.4, -0.2) is 53.0 Å². The predicted molar refractivity (Wildman–Crippen MR) is 107 cm³/mol. The lowest BCUT2D eigenvalue weighted by molar-refractivity contribution is 0.0618. The maximum Gasteiger partial charge on any atom is 0.110 e. The minimum absolute atomic E-state index is 0.105. The molecule has 2 aliphatic heterocycles. The Kier molecular flexibility index (Phi) is 5.98. The van der Waals surface area contributed by atoms with Crippen LogP contribution in [-0.2, 0) is 15.9 Å². The van der Waals surface area contributed by atoms with E-state index in [0.717, 1.165) is 37.1 Å². The molecule has 6 heteroatoms. The minimum atomic E-state index is 0.105. The Morgan fingerprint density at radius 2 is 1.61 bits per heavy atom. The lowest BCUT2D eigenvalue weighted by Gasteiger charge is -2.25. The van der Waals surface area contributed by atoms with Crippen molar-refractivity contribution in [1.82, 2.24) is 20.3 Å². The molecule has 0 radical (unpaired) electrons.